The molecule has 0 spiro atoms. The van der Waals surface area contributed by atoms with Crippen LogP contribution >= 0.6 is 0 Å². The van der Waals surface area contributed by atoms with Crippen LogP contribution in [0.25, 0.3) is 0 Å². The maximum Gasteiger partial charge on any atom is 0.243 e. The molecule has 0 aromatic rings. The zero-order valence-electron chi connectivity index (χ0n) is 10.1. The summed E-state index contributed by atoms with van der Waals surface area (Å²) in [7, 11) is 0. The normalized spacial score (nSPS) is 7.88. The molecule has 0 radical (unpaired) electrons. The van der Waals surface area contributed by atoms with E-state index in [-0.39, 0.29) is 25.2 Å². The minimum atomic E-state index is -0.125. The minimum Gasteiger partial charge on any atom is -0.394 e. The standard InChI is InChI=1S/C6H11NO.C3H7N.C2H6O2/c1-4-6(8)7-5(2)3;1-2-3-4;3-1-2-4/h4-5H,1H2,2-3H3,(H,7,8);2H,1,3-4H2;3-4H,1-2H2. The summed E-state index contributed by atoms with van der Waals surface area (Å²) < 4.78 is 0. The van der Waals surface area contributed by atoms with Gasteiger partial charge in [-0.2, -0.15) is 0 Å². The van der Waals surface area contributed by atoms with Crippen LogP contribution in [0.3, 0.4) is 0 Å². The van der Waals surface area contributed by atoms with E-state index >= 15 is 0 Å². The third kappa shape index (κ3) is 38.5. The molecule has 0 bridgehead atoms. The number of amides is 1. The summed E-state index contributed by atoms with van der Waals surface area (Å²) >= 11 is 0. The van der Waals surface area contributed by atoms with Gasteiger partial charge >= 0.3 is 0 Å². The first-order valence-electron chi connectivity index (χ1n) is 4.95. The van der Waals surface area contributed by atoms with Crippen LogP contribution in [-0.2, 0) is 4.79 Å². The molecule has 0 heterocycles. The first-order chi connectivity index (χ1) is 7.49. The minimum absolute atomic E-state index is 0.111. The van der Waals surface area contributed by atoms with E-state index < -0.39 is 0 Å². The van der Waals surface area contributed by atoms with Crippen molar-refractivity contribution in [3.05, 3.63) is 25.3 Å². The molecule has 0 aliphatic heterocycles. The van der Waals surface area contributed by atoms with Gasteiger partial charge in [-0.05, 0) is 19.9 Å². The van der Waals surface area contributed by atoms with Gasteiger partial charge in [0.15, 0.2) is 0 Å². The van der Waals surface area contributed by atoms with E-state index in [1.165, 1.54) is 6.08 Å². The van der Waals surface area contributed by atoms with Gasteiger partial charge < -0.3 is 21.3 Å². The maximum absolute atomic E-state index is 10.4. The lowest BCUT2D eigenvalue weighted by molar-refractivity contribution is -0.116. The zero-order valence-corrected chi connectivity index (χ0v) is 10.1. The predicted octanol–water partition coefficient (Wildman–Crippen LogP) is -0.201. The summed E-state index contributed by atoms with van der Waals surface area (Å²) in [6, 6.07) is 0.209. The van der Waals surface area contributed by atoms with E-state index in [9.17, 15) is 4.79 Å². The largest absolute Gasteiger partial charge is 0.394 e. The number of carbonyl (C=O) groups excluding carboxylic acids is 1. The fourth-order valence-corrected chi connectivity index (χ4v) is 0.343. The van der Waals surface area contributed by atoms with Gasteiger partial charge in [0, 0.05) is 12.6 Å². The van der Waals surface area contributed by atoms with Gasteiger partial charge in [-0.15, -0.1) is 6.58 Å². The van der Waals surface area contributed by atoms with Gasteiger partial charge in [-0.1, -0.05) is 12.7 Å². The predicted molar refractivity (Wildman–Crippen MR) is 66.9 cm³/mol. The first-order valence-corrected chi connectivity index (χ1v) is 4.95. The quantitative estimate of drug-likeness (QED) is 0.399. The number of rotatable bonds is 4. The lowest BCUT2D eigenvalue weighted by Crippen LogP contribution is -2.27. The fourth-order valence-electron chi connectivity index (χ4n) is 0.343. The molecule has 0 unspecified atom stereocenters. The number of hydrogen-bond donors (Lipinski definition) is 4. The highest BCUT2D eigenvalue weighted by molar-refractivity contribution is 5.86. The Kier molecular flexibility index (Phi) is 24.6. The Bertz CT molecular complexity index is 169. The van der Waals surface area contributed by atoms with Crippen LogP contribution in [0, 0.1) is 0 Å². The smallest absolute Gasteiger partial charge is 0.243 e. The molecule has 5 N–H and O–H groups in total. The monoisotopic (exact) mass is 232 g/mol. The molecule has 0 aromatic heterocycles. The Morgan fingerprint density at radius 2 is 1.75 bits per heavy atom. The summed E-state index contributed by atoms with van der Waals surface area (Å²) in [4.78, 5) is 10.4. The Morgan fingerprint density at radius 1 is 1.38 bits per heavy atom. The molecule has 16 heavy (non-hydrogen) atoms. The number of aliphatic hydroxyl groups is 2. The molecule has 0 rings (SSSR count). The number of hydrogen-bond acceptors (Lipinski definition) is 4. The first kappa shape index (κ1) is 20.3. The Morgan fingerprint density at radius 3 is 1.81 bits per heavy atom. The van der Waals surface area contributed by atoms with E-state index in [1.807, 2.05) is 13.8 Å². The van der Waals surface area contributed by atoms with Crippen molar-refractivity contribution in [1.82, 2.24) is 5.32 Å². The molecule has 96 valence electrons. The topological polar surface area (TPSA) is 95.6 Å². The second kappa shape index (κ2) is 19.4. The molecule has 0 fully saturated rings. The number of nitrogens with two attached hydrogens (primary N) is 1. The van der Waals surface area contributed by atoms with Crippen LogP contribution in [0.1, 0.15) is 13.8 Å². The van der Waals surface area contributed by atoms with Gasteiger partial charge in [0.1, 0.15) is 0 Å². The van der Waals surface area contributed by atoms with Crippen LogP contribution in [-0.4, -0.2) is 41.9 Å². The Balaban J connectivity index is -0.000000179. The highest BCUT2D eigenvalue weighted by Crippen LogP contribution is 1.75. The highest BCUT2D eigenvalue weighted by Gasteiger charge is 1.93. The summed E-state index contributed by atoms with van der Waals surface area (Å²) in [6.07, 6.45) is 2.92. The second-order valence-electron chi connectivity index (χ2n) is 2.84. The van der Waals surface area contributed by atoms with E-state index in [1.54, 1.807) is 6.08 Å². The maximum atomic E-state index is 10.4. The highest BCUT2D eigenvalue weighted by atomic mass is 16.3. The molecule has 0 aliphatic carbocycles. The Hall–Kier alpha value is -1.17. The Labute approximate surface area is 97.7 Å². The molecule has 0 aliphatic rings. The van der Waals surface area contributed by atoms with Gasteiger partial charge in [-0.3, -0.25) is 4.79 Å². The molecule has 0 saturated heterocycles. The lowest BCUT2D eigenvalue weighted by atomic mass is 10.4. The third-order valence-corrected chi connectivity index (χ3v) is 0.883. The van der Waals surface area contributed by atoms with Crippen molar-refractivity contribution in [2.24, 2.45) is 5.73 Å². The van der Waals surface area contributed by atoms with Crippen molar-refractivity contribution >= 4 is 5.91 Å². The molecule has 0 saturated carbocycles. The summed E-state index contributed by atoms with van der Waals surface area (Å²) in [5, 5.41) is 17.9. The van der Waals surface area contributed by atoms with E-state index in [0.29, 0.717) is 6.54 Å². The van der Waals surface area contributed by atoms with E-state index in [4.69, 9.17) is 15.9 Å². The molecule has 5 heteroatoms. The van der Waals surface area contributed by atoms with Gasteiger partial charge in [0.2, 0.25) is 5.91 Å². The van der Waals surface area contributed by atoms with Crippen LogP contribution < -0.4 is 11.1 Å². The van der Waals surface area contributed by atoms with Crippen molar-refractivity contribution in [3.63, 3.8) is 0 Å². The summed E-state index contributed by atoms with van der Waals surface area (Å²) in [6.45, 7) is 10.8. The van der Waals surface area contributed by atoms with Crippen molar-refractivity contribution in [3.8, 4) is 0 Å². The van der Waals surface area contributed by atoms with Gasteiger partial charge in [0.25, 0.3) is 0 Å². The second-order valence-corrected chi connectivity index (χ2v) is 2.84. The van der Waals surface area contributed by atoms with Crippen molar-refractivity contribution in [2.75, 3.05) is 19.8 Å². The van der Waals surface area contributed by atoms with Crippen LogP contribution in [0.4, 0.5) is 0 Å². The van der Waals surface area contributed by atoms with Crippen LogP contribution in [0.2, 0.25) is 0 Å². The van der Waals surface area contributed by atoms with Crippen LogP contribution in [0.5, 0.6) is 0 Å². The number of nitrogens with one attached hydrogen (secondary N) is 1. The molecule has 0 aromatic carbocycles. The van der Waals surface area contributed by atoms with Crippen molar-refractivity contribution in [1.29, 1.82) is 0 Å². The number of aliphatic hydroxyl groups excluding tert-OH is 2. The summed E-state index contributed by atoms with van der Waals surface area (Å²) in [5.74, 6) is -0.111. The summed E-state index contributed by atoms with van der Waals surface area (Å²) in [5.41, 5.74) is 4.91. The van der Waals surface area contributed by atoms with Crippen molar-refractivity contribution < 1.29 is 15.0 Å². The zero-order chi connectivity index (χ0) is 13.4. The van der Waals surface area contributed by atoms with Gasteiger partial charge in [-0.25, -0.2) is 0 Å². The van der Waals surface area contributed by atoms with Crippen molar-refractivity contribution in [2.45, 2.75) is 19.9 Å². The molecular weight excluding hydrogens is 208 g/mol. The van der Waals surface area contributed by atoms with Gasteiger partial charge in [0.05, 0.1) is 13.2 Å². The molecule has 5 nitrogen and oxygen atoms in total. The number of carbonyl (C=O) groups is 1. The molecule has 0 atom stereocenters. The molecule has 1 amide bonds. The average molecular weight is 232 g/mol. The third-order valence-electron chi connectivity index (χ3n) is 0.883. The average Bonchev–Trinajstić information content (AvgIpc) is 2.28. The SMILES string of the molecule is C=CC(=O)NC(C)C.C=CCN.OCCO. The molecular formula is C11H24N2O3. The van der Waals surface area contributed by atoms with E-state index in [2.05, 4.69) is 18.5 Å². The lowest BCUT2D eigenvalue weighted by Gasteiger charge is -2.02. The fraction of sp³-hybridized carbons (Fsp3) is 0.545. The van der Waals surface area contributed by atoms with Crippen LogP contribution in [0.15, 0.2) is 25.3 Å². The van der Waals surface area contributed by atoms with E-state index in [0.717, 1.165) is 0 Å².